The molecular formula is C10H18N2O2. The van der Waals surface area contributed by atoms with E-state index in [9.17, 15) is 4.79 Å². The van der Waals surface area contributed by atoms with Gasteiger partial charge >= 0.3 is 0 Å². The Morgan fingerprint density at radius 3 is 2.79 bits per heavy atom. The van der Waals surface area contributed by atoms with Crippen LogP contribution in [0.4, 0.5) is 0 Å². The molecule has 2 rings (SSSR count). The SMILES string of the molecule is CN(C)C(=O)C1CN(C)C2COCC12. The van der Waals surface area contributed by atoms with Crippen molar-refractivity contribution in [1.29, 1.82) is 0 Å². The first-order valence-corrected chi connectivity index (χ1v) is 5.10. The molecule has 2 fully saturated rings. The molecule has 0 spiro atoms. The Bertz CT molecular complexity index is 242. The quantitative estimate of drug-likeness (QED) is 0.577. The molecule has 1 amide bonds. The Kier molecular flexibility index (Phi) is 2.49. The zero-order chi connectivity index (χ0) is 10.3. The minimum Gasteiger partial charge on any atom is -0.379 e. The summed E-state index contributed by atoms with van der Waals surface area (Å²) in [4.78, 5) is 15.8. The third-order valence-electron chi connectivity index (χ3n) is 3.42. The molecule has 4 nitrogen and oxygen atoms in total. The van der Waals surface area contributed by atoms with Crippen molar-refractivity contribution in [2.75, 3.05) is 40.9 Å². The Labute approximate surface area is 84.8 Å². The number of fused-ring (bicyclic) bond motifs is 1. The maximum atomic E-state index is 11.9. The van der Waals surface area contributed by atoms with Crippen molar-refractivity contribution >= 4 is 5.91 Å². The van der Waals surface area contributed by atoms with Crippen LogP contribution < -0.4 is 0 Å². The molecule has 0 bridgehead atoms. The number of hydrogen-bond donors (Lipinski definition) is 0. The molecule has 3 unspecified atom stereocenters. The molecule has 0 saturated carbocycles. The maximum Gasteiger partial charge on any atom is 0.226 e. The van der Waals surface area contributed by atoms with Crippen LogP contribution in [0, 0.1) is 11.8 Å². The molecule has 0 aliphatic carbocycles. The van der Waals surface area contributed by atoms with E-state index in [1.54, 1.807) is 4.90 Å². The zero-order valence-corrected chi connectivity index (χ0v) is 9.06. The van der Waals surface area contributed by atoms with Gasteiger partial charge in [0.25, 0.3) is 0 Å². The second-order valence-corrected chi connectivity index (χ2v) is 4.55. The van der Waals surface area contributed by atoms with Crippen molar-refractivity contribution < 1.29 is 9.53 Å². The summed E-state index contributed by atoms with van der Waals surface area (Å²) < 4.78 is 5.43. The zero-order valence-electron chi connectivity index (χ0n) is 9.06. The first-order chi connectivity index (χ1) is 6.61. The number of amides is 1. The first-order valence-electron chi connectivity index (χ1n) is 5.10. The van der Waals surface area contributed by atoms with Gasteiger partial charge in [-0.05, 0) is 7.05 Å². The predicted octanol–water partition coefficient (Wildman–Crippen LogP) is -0.349. The highest BCUT2D eigenvalue weighted by Gasteiger charge is 2.47. The number of ether oxygens (including phenoxy) is 1. The van der Waals surface area contributed by atoms with Gasteiger partial charge in [-0.1, -0.05) is 0 Å². The van der Waals surface area contributed by atoms with Crippen LogP contribution in [0.5, 0.6) is 0 Å². The predicted molar refractivity (Wildman–Crippen MR) is 52.9 cm³/mol. The molecule has 4 heteroatoms. The Balaban J connectivity index is 2.10. The summed E-state index contributed by atoms with van der Waals surface area (Å²) in [6.45, 7) is 2.42. The summed E-state index contributed by atoms with van der Waals surface area (Å²) in [5.41, 5.74) is 0. The molecule has 0 N–H and O–H groups in total. The fourth-order valence-corrected chi connectivity index (χ4v) is 2.57. The van der Waals surface area contributed by atoms with Gasteiger partial charge in [0.15, 0.2) is 0 Å². The minimum atomic E-state index is 0.141. The standard InChI is InChI=1S/C10H18N2O2/c1-11(2)10(13)7-4-12(3)9-6-14-5-8(7)9/h7-9H,4-6H2,1-3H3. The summed E-state index contributed by atoms with van der Waals surface area (Å²) in [6.07, 6.45) is 0. The number of carbonyl (C=O) groups excluding carboxylic acids is 1. The van der Waals surface area contributed by atoms with Gasteiger partial charge in [-0.15, -0.1) is 0 Å². The summed E-state index contributed by atoms with van der Waals surface area (Å²) in [7, 11) is 5.73. The van der Waals surface area contributed by atoms with Crippen LogP contribution in [0.2, 0.25) is 0 Å². The average molecular weight is 198 g/mol. The van der Waals surface area contributed by atoms with Crippen LogP contribution in [0.1, 0.15) is 0 Å². The van der Waals surface area contributed by atoms with Crippen molar-refractivity contribution in [1.82, 2.24) is 9.80 Å². The van der Waals surface area contributed by atoms with Crippen LogP contribution in [-0.4, -0.2) is 62.7 Å². The smallest absolute Gasteiger partial charge is 0.226 e. The van der Waals surface area contributed by atoms with Gasteiger partial charge in [-0.25, -0.2) is 0 Å². The molecule has 2 aliphatic rings. The lowest BCUT2D eigenvalue weighted by Crippen LogP contribution is -2.35. The third-order valence-corrected chi connectivity index (χ3v) is 3.42. The topological polar surface area (TPSA) is 32.8 Å². The van der Waals surface area contributed by atoms with Gasteiger partial charge in [0.1, 0.15) is 0 Å². The highest BCUT2D eigenvalue weighted by molar-refractivity contribution is 5.79. The number of rotatable bonds is 1. The lowest BCUT2D eigenvalue weighted by molar-refractivity contribution is -0.133. The van der Waals surface area contributed by atoms with Crippen molar-refractivity contribution in [2.45, 2.75) is 6.04 Å². The van der Waals surface area contributed by atoms with E-state index < -0.39 is 0 Å². The molecule has 3 atom stereocenters. The van der Waals surface area contributed by atoms with Crippen molar-refractivity contribution in [3.8, 4) is 0 Å². The lowest BCUT2D eigenvalue weighted by Gasteiger charge is -2.19. The van der Waals surface area contributed by atoms with Crippen molar-refractivity contribution in [3.05, 3.63) is 0 Å². The van der Waals surface area contributed by atoms with E-state index in [-0.39, 0.29) is 11.8 Å². The average Bonchev–Trinajstić information content (AvgIpc) is 2.68. The van der Waals surface area contributed by atoms with Crippen LogP contribution in [0.15, 0.2) is 0 Å². The van der Waals surface area contributed by atoms with Crippen LogP contribution in [0.25, 0.3) is 0 Å². The molecule has 2 heterocycles. The number of hydrogen-bond acceptors (Lipinski definition) is 3. The van der Waals surface area contributed by atoms with E-state index in [4.69, 9.17) is 4.74 Å². The number of nitrogens with zero attached hydrogens (tertiary/aromatic N) is 2. The van der Waals surface area contributed by atoms with E-state index in [0.717, 1.165) is 19.8 Å². The van der Waals surface area contributed by atoms with Gasteiger partial charge in [0, 0.05) is 32.6 Å². The second kappa shape index (κ2) is 3.51. The van der Waals surface area contributed by atoms with Crippen LogP contribution in [-0.2, 0) is 9.53 Å². The normalized spacial score (nSPS) is 37.2. The Morgan fingerprint density at radius 2 is 2.14 bits per heavy atom. The number of carbonyl (C=O) groups is 1. The molecule has 2 saturated heterocycles. The Hall–Kier alpha value is -0.610. The summed E-state index contributed by atoms with van der Waals surface area (Å²) >= 11 is 0. The molecule has 14 heavy (non-hydrogen) atoms. The van der Waals surface area contributed by atoms with Gasteiger partial charge in [0.2, 0.25) is 5.91 Å². The second-order valence-electron chi connectivity index (χ2n) is 4.55. The maximum absolute atomic E-state index is 11.9. The molecule has 80 valence electrons. The monoisotopic (exact) mass is 198 g/mol. The molecule has 0 aromatic carbocycles. The van der Waals surface area contributed by atoms with Crippen LogP contribution >= 0.6 is 0 Å². The molecule has 2 aliphatic heterocycles. The molecule has 0 aromatic heterocycles. The fraction of sp³-hybridized carbons (Fsp3) is 0.900. The number of likely N-dealkylation sites (tertiary alicyclic amines) is 1. The van der Waals surface area contributed by atoms with E-state index in [2.05, 4.69) is 11.9 Å². The van der Waals surface area contributed by atoms with Gasteiger partial charge in [0.05, 0.1) is 19.1 Å². The van der Waals surface area contributed by atoms with Crippen molar-refractivity contribution in [2.24, 2.45) is 11.8 Å². The lowest BCUT2D eigenvalue weighted by atomic mass is 9.92. The highest BCUT2D eigenvalue weighted by atomic mass is 16.5. The highest BCUT2D eigenvalue weighted by Crippen LogP contribution is 2.34. The Morgan fingerprint density at radius 1 is 1.43 bits per heavy atom. The third kappa shape index (κ3) is 1.42. The first kappa shape index (κ1) is 9.93. The summed E-state index contributed by atoms with van der Waals surface area (Å²) in [5, 5.41) is 0. The molecule has 0 aromatic rings. The molecule has 0 radical (unpaired) electrons. The van der Waals surface area contributed by atoms with Gasteiger partial charge in [-0.3, -0.25) is 9.69 Å². The van der Waals surface area contributed by atoms with E-state index in [0.29, 0.717) is 12.0 Å². The number of likely N-dealkylation sites (N-methyl/N-ethyl adjacent to an activating group) is 1. The van der Waals surface area contributed by atoms with Gasteiger partial charge in [-0.2, -0.15) is 0 Å². The summed E-state index contributed by atoms with van der Waals surface area (Å²) in [6, 6.07) is 0.462. The summed E-state index contributed by atoms with van der Waals surface area (Å²) in [5.74, 6) is 0.798. The van der Waals surface area contributed by atoms with Crippen LogP contribution in [0.3, 0.4) is 0 Å². The van der Waals surface area contributed by atoms with Gasteiger partial charge < -0.3 is 9.64 Å². The van der Waals surface area contributed by atoms with Crippen molar-refractivity contribution in [3.63, 3.8) is 0 Å². The molecular weight excluding hydrogens is 180 g/mol. The van der Waals surface area contributed by atoms with E-state index in [1.807, 2.05) is 14.1 Å². The fourth-order valence-electron chi connectivity index (χ4n) is 2.57. The van der Waals surface area contributed by atoms with E-state index >= 15 is 0 Å². The minimum absolute atomic E-state index is 0.141. The van der Waals surface area contributed by atoms with E-state index in [1.165, 1.54) is 0 Å². The largest absolute Gasteiger partial charge is 0.379 e.